The van der Waals surface area contributed by atoms with Crippen LogP contribution in [-0.4, -0.2) is 40.5 Å². The van der Waals surface area contributed by atoms with E-state index in [4.69, 9.17) is 4.74 Å². The van der Waals surface area contributed by atoms with Crippen LogP contribution in [0, 0.1) is 0 Å². The van der Waals surface area contributed by atoms with Gasteiger partial charge in [0.1, 0.15) is 5.75 Å². The maximum atomic E-state index is 12.0. The molecule has 5 nitrogen and oxygen atoms in total. The lowest BCUT2D eigenvalue weighted by Gasteiger charge is -2.31. The van der Waals surface area contributed by atoms with Crippen LogP contribution in [0.15, 0.2) is 24.3 Å². The average Bonchev–Trinajstić information content (AvgIpc) is 2.95. The van der Waals surface area contributed by atoms with Crippen LogP contribution < -0.4 is 9.46 Å². The Morgan fingerprint density at radius 3 is 2.43 bits per heavy atom. The van der Waals surface area contributed by atoms with Crippen molar-refractivity contribution in [3.8, 4) is 5.75 Å². The Hall–Kier alpha value is -1.11. The van der Waals surface area contributed by atoms with Crippen LogP contribution in [0.25, 0.3) is 0 Å². The second-order valence-electron chi connectivity index (χ2n) is 5.80. The number of methoxy groups -OCH3 is 1. The molecule has 0 atom stereocenters. The van der Waals surface area contributed by atoms with E-state index in [1.54, 1.807) is 7.11 Å². The van der Waals surface area contributed by atoms with E-state index in [2.05, 4.69) is 4.72 Å². The normalized spacial score (nSPS) is 18.1. The molecule has 1 saturated carbocycles. The minimum absolute atomic E-state index is 0.171. The van der Waals surface area contributed by atoms with E-state index in [0.29, 0.717) is 6.54 Å². The zero-order valence-corrected chi connectivity index (χ0v) is 13.7. The Bertz CT molecular complexity index is 578. The van der Waals surface area contributed by atoms with E-state index < -0.39 is 10.2 Å². The zero-order chi connectivity index (χ0) is 15.5. The summed E-state index contributed by atoms with van der Waals surface area (Å²) >= 11 is 0. The lowest BCUT2D eigenvalue weighted by Crippen LogP contribution is -2.43. The Kier molecular flexibility index (Phi) is 4.91. The second kappa shape index (κ2) is 6.34. The number of hydrogen-bond acceptors (Lipinski definition) is 3. The molecule has 1 aliphatic rings. The van der Waals surface area contributed by atoms with Crippen molar-refractivity contribution in [1.82, 2.24) is 9.03 Å². The van der Waals surface area contributed by atoms with E-state index >= 15 is 0 Å². The largest absolute Gasteiger partial charge is 0.496 e. The molecule has 6 heteroatoms. The summed E-state index contributed by atoms with van der Waals surface area (Å²) in [5.74, 6) is 0.837. The van der Waals surface area contributed by atoms with Gasteiger partial charge in [-0.05, 0) is 18.9 Å². The number of nitrogens with zero attached hydrogens (tertiary/aromatic N) is 1. The molecule has 1 aromatic carbocycles. The van der Waals surface area contributed by atoms with E-state index in [1.165, 1.54) is 18.4 Å². The van der Waals surface area contributed by atoms with Crippen molar-refractivity contribution in [3.05, 3.63) is 29.8 Å². The number of ether oxygens (including phenoxy) is 1. The van der Waals surface area contributed by atoms with Gasteiger partial charge in [0.25, 0.3) is 10.2 Å². The number of benzene rings is 1. The van der Waals surface area contributed by atoms with E-state index in [9.17, 15) is 8.42 Å². The Balaban J connectivity index is 2.29. The lowest BCUT2D eigenvalue weighted by atomic mass is 9.78. The molecule has 0 unspecified atom stereocenters. The number of rotatable bonds is 6. The Morgan fingerprint density at radius 1 is 1.24 bits per heavy atom. The molecule has 1 N–H and O–H groups in total. The number of para-hydroxylation sites is 1. The highest BCUT2D eigenvalue weighted by atomic mass is 32.2. The van der Waals surface area contributed by atoms with Crippen molar-refractivity contribution in [3.63, 3.8) is 0 Å². The summed E-state index contributed by atoms with van der Waals surface area (Å²) in [6.45, 7) is 0.411. The summed E-state index contributed by atoms with van der Waals surface area (Å²) in [5.41, 5.74) is 0.932. The van der Waals surface area contributed by atoms with Gasteiger partial charge in [0, 0.05) is 31.6 Å². The minimum atomic E-state index is -3.41. The molecule has 21 heavy (non-hydrogen) atoms. The highest BCUT2D eigenvalue weighted by Crippen LogP contribution is 2.44. The smallest absolute Gasteiger partial charge is 0.278 e. The van der Waals surface area contributed by atoms with E-state index in [1.807, 2.05) is 24.3 Å². The van der Waals surface area contributed by atoms with Gasteiger partial charge in [-0.3, -0.25) is 0 Å². The van der Waals surface area contributed by atoms with Crippen molar-refractivity contribution < 1.29 is 13.2 Å². The SMILES string of the molecule is COc1ccccc1C1(CNS(=O)(=O)N(C)C)CCCC1. The minimum Gasteiger partial charge on any atom is -0.496 e. The van der Waals surface area contributed by atoms with Gasteiger partial charge in [-0.2, -0.15) is 12.7 Å². The predicted octanol–water partition coefficient (Wildman–Crippen LogP) is 1.90. The van der Waals surface area contributed by atoms with Gasteiger partial charge >= 0.3 is 0 Å². The molecule has 118 valence electrons. The molecule has 0 aromatic heterocycles. The molecule has 0 spiro atoms. The molecule has 0 saturated heterocycles. The first-order valence-electron chi connectivity index (χ1n) is 7.22. The highest BCUT2D eigenvalue weighted by Gasteiger charge is 2.38. The third-order valence-corrected chi connectivity index (χ3v) is 5.78. The summed E-state index contributed by atoms with van der Waals surface area (Å²) in [7, 11) is 1.32. The molecule has 0 aliphatic heterocycles. The zero-order valence-electron chi connectivity index (χ0n) is 12.9. The molecule has 0 bridgehead atoms. The van der Waals surface area contributed by atoms with Gasteiger partial charge in [-0.1, -0.05) is 31.0 Å². The summed E-state index contributed by atoms with van der Waals surface area (Å²) < 4.78 is 33.4. The molecule has 1 fully saturated rings. The van der Waals surface area contributed by atoms with Crippen LogP contribution >= 0.6 is 0 Å². The van der Waals surface area contributed by atoms with E-state index in [-0.39, 0.29) is 5.41 Å². The standard InChI is InChI=1S/C15H24N2O3S/c1-17(2)21(18,19)16-12-15(10-6-7-11-15)13-8-4-5-9-14(13)20-3/h4-5,8-9,16H,6-7,10-12H2,1-3H3. The molecule has 1 aromatic rings. The van der Waals surface area contributed by atoms with Crippen molar-refractivity contribution >= 4 is 10.2 Å². The van der Waals surface area contributed by atoms with Crippen LogP contribution in [0.4, 0.5) is 0 Å². The lowest BCUT2D eigenvalue weighted by molar-refractivity contribution is 0.370. The molecule has 0 amide bonds. The fourth-order valence-corrected chi connectivity index (χ4v) is 3.75. The summed E-state index contributed by atoms with van der Waals surface area (Å²) in [6.07, 6.45) is 4.18. The third kappa shape index (κ3) is 3.39. The fourth-order valence-electron chi connectivity index (χ4n) is 3.03. The molecular formula is C15H24N2O3S. The highest BCUT2D eigenvalue weighted by molar-refractivity contribution is 7.87. The van der Waals surface area contributed by atoms with Gasteiger partial charge in [-0.15, -0.1) is 0 Å². The average molecular weight is 312 g/mol. The molecular weight excluding hydrogens is 288 g/mol. The number of hydrogen-bond donors (Lipinski definition) is 1. The fraction of sp³-hybridized carbons (Fsp3) is 0.600. The molecule has 1 aliphatic carbocycles. The van der Waals surface area contributed by atoms with Crippen LogP contribution in [0.3, 0.4) is 0 Å². The first kappa shape index (κ1) is 16.3. The van der Waals surface area contributed by atoms with Crippen LogP contribution in [0.5, 0.6) is 5.75 Å². The van der Waals surface area contributed by atoms with Crippen molar-refractivity contribution in [2.75, 3.05) is 27.7 Å². The van der Waals surface area contributed by atoms with Crippen LogP contribution in [0.1, 0.15) is 31.2 Å². The van der Waals surface area contributed by atoms with Crippen molar-refractivity contribution in [2.45, 2.75) is 31.1 Å². The Labute approximate surface area is 127 Å². The van der Waals surface area contributed by atoms with Gasteiger partial charge in [0.15, 0.2) is 0 Å². The summed E-state index contributed by atoms with van der Waals surface area (Å²) in [5, 5.41) is 0. The predicted molar refractivity (Wildman–Crippen MR) is 83.7 cm³/mol. The number of nitrogens with one attached hydrogen (secondary N) is 1. The molecule has 0 heterocycles. The van der Waals surface area contributed by atoms with Crippen LogP contribution in [-0.2, 0) is 15.6 Å². The van der Waals surface area contributed by atoms with Gasteiger partial charge in [0.05, 0.1) is 7.11 Å². The summed E-state index contributed by atoms with van der Waals surface area (Å²) in [6, 6.07) is 7.91. The monoisotopic (exact) mass is 312 g/mol. The van der Waals surface area contributed by atoms with Crippen molar-refractivity contribution in [2.24, 2.45) is 0 Å². The second-order valence-corrected chi connectivity index (χ2v) is 7.77. The Morgan fingerprint density at radius 2 is 1.86 bits per heavy atom. The van der Waals surface area contributed by atoms with E-state index in [0.717, 1.165) is 37.0 Å². The first-order chi connectivity index (χ1) is 9.91. The van der Waals surface area contributed by atoms with Gasteiger partial charge < -0.3 is 4.74 Å². The maximum Gasteiger partial charge on any atom is 0.278 e. The quantitative estimate of drug-likeness (QED) is 0.873. The van der Waals surface area contributed by atoms with Gasteiger partial charge in [0.2, 0.25) is 0 Å². The molecule has 0 radical (unpaired) electrons. The first-order valence-corrected chi connectivity index (χ1v) is 8.66. The van der Waals surface area contributed by atoms with Gasteiger partial charge in [-0.25, -0.2) is 4.72 Å². The third-order valence-electron chi connectivity index (χ3n) is 4.31. The van der Waals surface area contributed by atoms with Crippen molar-refractivity contribution in [1.29, 1.82) is 0 Å². The maximum absolute atomic E-state index is 12.0. The van der Waals surface area contributed by atoms with Crippen LogP contribution in [0.2, 0.25) is 0 Å². The summed E-state index contributed by atoms with van der Waals surface area (Å²) in [4.78, 5) is 0. The molecule has 2 rings (SSSR count). The topological polar surface area (TPSA) is 58.6 Å².